The molecule has 1 aliphatic carbocycles. The second kappa shape index (κ2) is 10.5. The molecular formula is C25H30N4O4. The minimum atomic E-state index is -0.593. The molecule has 0 spiro atoms. The first kappa shape index (κ1) is 22.8. The van der Waals surface area contributed by atoms with E-state index in [0.29, 0.717) is 23.9 Å². The fraction of sp³-hybridized carbons (Fsp3) is 0.440. The number of nitrogens with one attached hydrogen (secondary N) is 2. The number of carbonyl (C=O) groups excluding carboxylic acids is 2. The van der Waals surface area contributed by atoms with Crippen molar-refractivity contribution in [3.05, 3.63) is 71.8 Å². The summed E-state index contributed by atoms with van der Waals surface area (Å²) in [7, 11) is 0. The number of rotatable bonds is 8. The van der Waals surface area contributed by atoms with Crippen molar-refractivity contribution in [1.29, 1.82) is 0 Å². The summed E-state index contributed by atoms with van der Waals surface area (Å²) in [6, 6.07) is 13.0. The summed E-state index contributed by atoms with van der Waals surface area (Å²) in [6.07, 6.45) is 7.93. The Hall–Kier alpha value is -3.42. The standard InChI is InChI=1S/C25H30N4O4/c1-18(30)28-25(15-7-2-3-8-16-25)24-27-22(33-29-24)14-13-21(31)26-23(20-12-9-17-32-20)19-10-5-4-6-11-19/h4-6,9-12,17,23H,2-3,7-8,13-16H2,1H3,(H,26,31)(H,28,30). The molecule has 1 unspecified atom stereocenters. The average Bonchev–Trinajstić information content (AvgIpc) is 3.46. The van der Waals surface area contributed by atoms with Crippen LogP contribution >= 0.6 is 0 Å². The van der Waals surface area contributed by atoms with Crippen molar-refractivity contribution in [2.45, 2.75) is 69.9 Å². The van der Waals surface area contributed by atoms with Crippen LogP contribution in [0.25, 0.3) is 0 Å². The number of nitrogens with zero attached hydrogens (tertiary/aromatic N) is 2. The zero-order valence-corrected chi connectivity index (χ0v) is 18.9. The van der Waals surface area contributed by atoms with Gasteiger partial charge in [-0.15, -0.1) is 0 Å². The maximum Gasteiger partial charge on any atom is 0.227 e. The Bertz CT molecular complexity index is 1040. The predicted molar refractivity (Wildman–Crippen MR) is 121 cm³/mol. The van der Waals surface area contributed by atoms with Gasteiger partial charge in [0.05, 0.1) is 6.26 Å². The van der Waals surface area contributed by atoms with Crippen LogP contribution < -0.4 is 10.6 Å². The lowest BCUT2D eigenvalue weighted by molar-refractivity contribution is -0.122. The van der Waals surface area contributed by atoms with Gasteiger partial charge in [0.25, 0.3) is 0 Å². The lowest BCUT2D eigenvalue weighted by Crippen LogP contribution is -2.45. The van der Waals surface area contributed by atoms with Gasteiger partial charge >= 0.3 is 0 Å². The SMILES string of the molecule is CC(=O)NC1(c2noc(CCC(=O)NC(c3ccccc3)c3ccco3)n2)CCCCCC1. The third-order valence-corrected chi connectivity index (χ3v) is 6.10. The molecule has 0 saturated heterocycles. The van der Waals surface area contributed by atoms with Gasteiger partial charge in [0.1, 0.15) is 17.3 Å². The van der Waals surface area contributed by atoms with Crippen molar-refractivity contribution in [3.8, 4) is 0 Å². The van der Waals surface area contributed by atoms with E-state index in [4.69, 9.17) is 8.94 Å². The molecule has 1 saturated carbocycles. The second-order valence-electron chi connectivity index (χ2n) is 8.62. The number of hydrogen-bond acceptors (Lipinski definition) is 6. The van der Waals surface area contributed by atoms with Gasteiger partial charge in [-0.05, 0) is 30.5 Å². The van der Waals surface area contributed by atoms with Crippen LogP contribution in [-0.2, 0) is 21.5 Å². The van der Waals surface area contributed by atoms with Crippen molar-refractivity contribution in [3.63, 3.8) is 0 Å². The first-order valence-electron chi connectivity index (χ1n) is 11.6. The van der Waals surface area contributed by atoms with E-state index in [1.807, 2.05) is 36.4 Å². The maximum absolute atomic E-state index is 12.8. The van der Waals surface area contributed by atoms with Crippen LogP contribution in [0.5, 0.6) is 0 Å². The molecule has 1 atom stereocenters. The van der Waals surface area contributed by atoms with E-state index in [1.165, 1.54) is 6.92 Å². The third kappa shape index (κ3) is 5.69. The zero-order chi connectivity index (χ0) is 23.1. The monoisotopic (exact) mass is 450 g/mol. The van der Waals surface area contributed by atoms with Crippen molar-refractivity contribution in [2.24, 2.45) is 0 Å². The van der Waals surface area contributed by atoms with Gasteiger partial charge in [-0.25, -0.2) is 0 Å². The lowest BCUT2D eigenvalue weighted by atomic mass is 9.89. The molecule has 1 aliphatic rings. The highest BCUT2D eigenvalue weighted by Crippen LogP contribution is 2.34. The molecule has 0 radical (unpaired) electrons. The van der Waals surface area contributed by atoms with Crippen molar-refractivity contribution >= 4 is 11.8 Å². The van der Waals surface area contributed by atoms with E-state index in [0.717, 1.165) is 44.1 Å². The largest absolute Gasteiger partial charge is 0.467 e. The fourth-order valence-electron chi connectivity index (χ4n) is 4.50. The lowest BCUT2D eigenvalue weighted by Gasteiger charge is -2.30. The predicted octanol–water partition coefficient (Wildman–Crippen LogP) is 4.19. The van der Waals surface area contributed by atoms with Gasteiger partial charge < -0.3 is 19.6 Å². The third-order valence-electron chi connectivity index (χ3n) is 6.10. The van der Waals surface area contributed by atoms with E-state index in [2.05, 4.69) is 20.8 Å². The van der Waals surface area contributed by atoms with Crippen molar-refractivity contribution in [1.82, 2.24) is 20.8 Å². The first-order chi connectivity index (χ1) is 16.1. The highest BCUT2D eigenvalue weighted by atomic mass is 16.5. The molecule has 0 aliphatic heterocycles. The molecule has 174 valence electrons. The maximum atomic E-state index is 12.8. The van der Waals surface area contributed by atoms with Gasteiger partial charge in [-0.1, -0.05) is 61.2 Å². The number of aryl methyl sites for hydroxylation is 1. The van der Waals surface area contributed by atoms with Crippen LogP contribution in [-0.4, -0.2) is 22.0 Å². The summed E-state index contributed by atoms with van der Waals surface area (Å²) < 4.78 is 11.0. The van der Waals surface area contributed by atoms with Crippen LogP contribution in [0.1, 0.15) is 81.0 Å². The molecule has 2 aromatic heterocycles. The van der Waals surface area contributed by atoms with Crippen LogP contribution in [0.2, 0.25) is 0 Å². The highest BCUT2D eigenvalue weighted by molar-refractivity contribution is 5.77. The molecule has 2 amide bonds. The Balaban J connectivity index is 1.42. The number of furan rings is 1. The zero-order valence-electron chi connectivity index (χ0n) is 18.9. The van der Waals surface area contributed by atoms with Gasteiger partial charge in [0.2, 0.25) is 17.7 Å². The summed E-state index contributed by atoms with van der Waals surface area (Å²) in [5.41, 5.74) is 0.343. The van der Waals surface area contributed by atoms with E-state index in [1.54, 1.807) is 12.3 Å². The van der Waals surface area contributed by atoms with Gasteiger partial charge in [0.15, 0.2) is 5.82 Å². The summed E-state index contributed by atoms with van der Waals surface area (Å²) in [4.78, 5) is 29.2. The summed E-state index contributed by atoms with van der Waals surface area (Å²) >= 11 is 0. The summed E-state index contributed by atoms with van der Waals surface area (Å²) in [5, 5.41) is 10.3. The van der Waals surface area contributed by atoms with E-state index in [-0.39, 0.29) is 24.3 Å². The Morgan fingerprint density at radius 2 is 1.82 bits per heavy atom. The number of amides is 2. The molecule has 4 rings (SSSR count). The molecule has 2 heterocycles. The quantitative estimate of drug-likeness (QED) is 0.498. The molecule has 8 nitrogen and oxygen atoms in total. The minimum absolute atomic E-state index is 0.104. The first-order valence-corrected chi connectivity index (χ1v) is 11.6. The van der Waals surface area contributed by atoms with E-state index < -0.39 is 5.54 Å². The molecule has 8 heteroatoms. The van der Waals surface area contributed by atoms with Crippen molar-refractivity contribution < 1.29 is 18.5 Å². The topological polar surface area (TPSA) is 110 Å². The van der Waals surface area contributed by atoms with Crippen LogP contribution in [0.15, 0.2) is 57.7 Å². The molecule has 1 fully saturated rings. The Morgan fingerprint density at radius 1 is 1.06 bits per heavy atom. The normalized spacial score (nSPS) is 16.5. The van der Waals surface area contributed by atoms with Crippen LogP contribution in [0.4, 0.5) is 0 Å². The molecule has 2 N–H and O–H groups in total. The number of aromatic nitrogens is 2. The number of hydrogen-bond donors (Lipinski definition) is 2. The molecule has 0 bridgehead atoms. The number of benzene rings is 1. The summed E-state index contributed by atoms with van der Waals surface area (Å²) in [6.45, 7) is 1.51. The Kier molecular flexibility index (Phi) is 7.22. The second-order valence-corrected chi connectivity index (χ2v) is 8.62. The minimum Gasteiger partial charge on any atom is -0.467 e. The van der Waals surface area contributed by atoms with Crippen molar-refractivity contribution in [2.75, 3.05) is 0 Å². The molecule has 3 aromatic rings. The van der Waals surface area contributed by atoms with E-state index in [9.17, 15) is 9.59 Å². The van der Waals surface area contributed by atoms with Gasteiger partial charge in [-0.3, -0.25) is 9.59 Å². The molecule has 33 heavy (non-hydrogen) atoms. The summed E-state index contributed by atoms with van der Waals surface area (Å²) in [5.74, 6) is 1.31. The van der Waals surface area contributed by atoms with Crippen LogP contribution in [0, 0.1) is 0 Å². The highest BCUT2D eigenvalue weighted by Gasteiger charge is 2.38. The Labute approximate surface area is 193 Å². The fourth-order valence-corrected chi connectivity index (χ4v) is 4.50. The van der Waals surface area contributed by atoms with Crippen LogP contribution in [0.3, 0.4) is 0 Å². The average molecular weight is 451 g/mol. The molecular weight excluding hydrogens is 420 g/mol. The molecule has 1 aromatic carbocycles. The Morgan fingerprint density at radius 3 is 2.48 bits per heavy atom. The number of carbonyl (C=O) groups is 2. The van der Waals surface area contributed by atoms with Gasteiger partial charge in [-0.2, -0.15) is 4.98 Å². The smallest absolute Gasteiger partial charge is 0.227 e. The van der Waals surface area contributed by atoms with Gasteiger partial charge in [0, 0.05) is 19.8 Å². The van der Waals surface area contributed by atoms with E-state index >= 15 is 0 Å².